The summed E-state index contributed by atoms with van der Waals surface area (Å²) in [6.45, 7) is 3.24. The Morgan fingerprint density at radius 1 is 1.35 bits per heavy atom. The van der Waals surface area contributed by atoms with E-state index in [2.05, 4.69) is 10.0 Å². The average Bonchev–Trinajstić information content (AvgIpc) is 2.55. The van der Waals surface area contributed by atoms with Gasteiger partial charge in [-0.15, -0.1) is 12.4 Å². The number of hydrogen-bond acceptors (Lipinski definition) is 5. The summed E-state index contributed by atoms with van der Waals surface area (Å²) in [5, 5.41) is 3.17. The molecule has 1 heterocycles. The Morgan fingerprint density at radius 3 is 2.70 bits per heavy atom. The molecular formula is C14H22ClN3O4S. The SMILES string of the molecule is COCCNS(=O)(=O)c1cccc(C(=O)N2CCNCC2)c1.Cl. The number of hydrogen-bond donors (Lipinski definition) is 2. The van der Waals surface area contributed by atoms with Crippen molar-refractivity contribution in [2.45, 2.75) is 4.90 Å². The largest absolute Gasteiger partial charge is 0.383 e. The Bertz CT molecular complexity index is 618. The molecule has 1 fully saturated rings. The van der Waals surface area contributed by atoms with Gasteiger partial charge in [-0.05, 0) is 18.2 Å². The first-order valence-electron chi connectivity index (χ1n) is 7.13. The molecule has 1 saturated heterocycles. The number of sulfonamides is 1. The molecule has 2 N–H and O–H groups in total. The first-order chi connectivity index (χ1) is 10.5. The van der Waals surface area contributed by atoms with Crippen molar-refractivity contribution in [3.05, 3.63) is 29.8 Å². The van der Waals surface area contributed by atoms with E-state index in [9.17, 15) is 13.2 Å². The lowest BCUT2D eigenvalue weighted by atomic mass is 10.2. The molecule has 9 heteroatoms. The first kappa shape index (κ1) is 19.9. The molecule has 0 radical (unpaired) electrons. The molecule has 0 atom stereocenters. The van der Waals surface area contributed by atoms with Crippen LogP contribution in [0.5, 0.6) is 0 Å². The molecule has 0 bridgehead atoms. The van der Waals surface area contributed by atoms with Gasteiger partial charge in [0.15, 0.2) is 0 Å². The third-order valence-electron chi connectivity index (χ3n) is 3.39. The fourth-order valence-electron chi connectivity index (χ4n) is 2.21. The Balaban J connectivity index is 0.00000264. The van der Waals surface area contributed by atoms with Crippen LogP contribution in [-0.4, -0.2) is 65.7 Å². The Morgan fingerprint density at radius 2 is 2.04 bits per heavy atom. The fourth-order valence-corrected chi connectivity index (χ4v) is 3.27. The molecule has 0 aromatic heterocycles. The second kappa shape index (κ2) is 9.19. The lowest BCUT2D eigenvalue weighted by Crippen LogP contribution is -2.46. The van der Waals surface area contributed by atoms with Gasteiger partial charge in [0.05, 0.1) is 11.5 Å². The number of carbonyl (C=O) groups excluding carboxylic acids is 1. The maximum Gasteiger partial charge on any atom is 0.253 e. The molecule has 1 aliphatic heterocycles. The van der Waals surface area contributed by atoms with Crippen LogP contribution in [-0.2, 0) is 14.8 Å². The van der Waals surface area contributed by atoms with Crippen molar-refractivity contribution in [2.24, 2.45) is 0 Å². The third-order valence-corrected chi connectivity index (χ3v) is 4.85. The van der Waals surface area contributed by atoms with Crippen LogP contribution < -0.4 is 10.0 Å². The minimum Gasteiger partial charge on any atom is -0.383 e. The second-order valence-electron chi connectivity index (χ2n) is 4.96. The van der Waals surface area contributed by atoms with E-state index in [1.807, 2.05) is 0 Å². The molecule has 0 unspecified atom stereocenters. The van der Waals surface area contributed by atoms with E-state index in [0.29, 0.717) is 25.3 Å². The van der Waals surface area contributed by atoms with Gasteiger partial charge in [-0.3, -0.25) is 4.79 Å². The number of methoxy groups -OCH3 is 1. The molecule has 1 aliphatic rings. The van der Waals surface area contributed by atoms with E-state index in [-0.39, 0.29) is 29.8 Å². The molecule has 7 nitrogen and oxygen atoms in total. The summed E-state index contributed by atoms with van der Waals surface area (Å²) in [4.78, 5) is 14.2. The van der Waals surface area contributed by atoms with Crippen LogP contribution >= 0.6 is 12.4 Å². The van der Waals surface area contributed by atoms with Crippen LogP contribution in [0.1, 0.15) is 10.4 Å². The van der Waals surface area contributed by atoms with Gasteiger partial charge in [0, 0.05) is 45.4 Å². The van der Waals surface area contributed by atoms with Gasteiger partial charge >= 0.3 is 0 Å². The van der Waals surface area contributed by atoms with E-state index in [1.54, 1.807) is 17.0 Å². The summed E-state index contributed by atoms with van der Waals surface area (Å²) in [5.74, 6) is -0.143. The van der Waals surface area contributed by atoms with Gasteiger partial charge in [-0.1, -0.05) is 6.07 Å². The van der Waals surface area contributed by atoms with E-state index in [1.165, 1.54) is 19.2 Å². The summed E-state index contributed by atoms with van der Waals surface area (Å²) in [7, 11) is -2.13. The summed E-state index contributed by atoms with van der Waals surface area (Å²) >= 11 is 0. The lowest BCUT2D eigenvalue weighted by Gasteiger charge is -2.27. The monoisotopic (exact) mass is 363 g/mol. The van der Waals surface area contributed by atoms with E-state index in [4.69, 9.17) is 4.74 Å². The number of ether oxygens (including phenoxy) is 1. The van der Waals surface area contributed by atoms with Crippen LogP contribution in [0.3, 0.4) is 0 Å². The van der Waals surface area contributed by atoms with Crippen molar-refractivity contribution < 1.29 is 17.9 Å². The van der Waals surface area contributed by atoms with Crippen LogP contribution in [0.25, 0.3) is 0 Å². The Kier molecular flexibility index (Phi) is 7.93. The zero-order chi connectivity index (χ0) is 16.0. The molecular weight excluding hydrogens is 342 g/mol. The highest BCUT2D eigenvalue weighted by Gasteiger charge is 2.20. The minimum atomic E-state index is -3.63. The minimum absolute atomic E-state index is 0. The maximum atomic E-state index is 12.4. The van der Waals surface area contributed by atoms with Crippen molar-refractivity contribution >= 4 is 28.3 Å². The van der Waals surface area contributed by atoms with Crippen molar-refractivity contribution in [2.75, 3.05) is 46.4 Å². The first-order valence-corrected chi connectivity index (χ1v) is 8.61. The number of nitrogens with one attached hydrogen (secondary N) is 2. The van der Waals surface area contributed by atoms with Crippen LogP contribution in [0, 0.1) is 0 Å². The summed E-state index contributed by atoms with van der Waals surface area (Å²) in [6.07, 6.45) is 0. The fraction of sp³-hybridized carbons (Fsp3) is 0.500. The average molecular weight is 364 g/mol. The number of piperazine rings is 1. The molecule has 1 amide bonds. The van der Waals surface area contributed by atoms with Crippen LogP contribution in [0.2, 0.25) is 0 Å². The van der Waals surface area contributed by atoms with Crippen molar-refractivity contribution in [1.29, 1.82) is 0 Å². The zero-order valence-corrected chi connectivity index (χ0v) is 14.6. The standard InChI is InChI=1S/C14H21N3O4S.ClH/c1-21-10-7-16-22(19,20)13-4-2-3-12(11-13)14(18)17-8-5-15-6-9-17;/h2-4,11,15-16H,5-10H2,1H3;1H. The van der Waals surface area contributed by atoms with Gasteiger partial charge in [-0.2, -0.15) is 0 Å². The topological polar surface area (TPSA) is 87.7 Å². The number of halogens is 1. The summed E-state index contributed by atoms with van der Waals surface area (Å²) < 4.78 is 31.6. The molecule has 1 aromatic rings. The predicted molar refractivity (Wildman–Crippen MR) is 89.5 cm³/mol. The van der Waals surface area contributed by atoms with Gasteiger partial charge in [0.1, 0.15) is 0 Å². The van der Waals surface area contributed by atoms with Crippen LogP contribution in [0.15, 0.2) is 29.2 Å². The number of rotatable bonds is 6. The zero-order valence-electron chi connectivity index (χ0n) is 12.9. The van der Waals surface area contributed by atoms with E-state index >= 15 is 0 Å². The number of benzene rings is 1. The predicted octanol–water partition coefficient (Wildman–Crippen LogP) is 0.0785. The smallest absolute Gasteiger partial charge is 0.253 e. The molecule has 2 rings (SSSR count). The molecule has 1 aromatic carbocycles. The van der Waals surface area contributed by atoms with Crippen molar-refractivity contribution in [1.82, 2.24) is 14.9 Å². The molecule has 0 spiro atoms. The Labute approximate surface area is 142 Å². The quantitative estimate of drug-likeness (QED) is 0.699. The highest BCUT2D eigenvalue weighted by atomic mass is 35.5. The molecule has 0 aliphatic carbocycles. The maximum absolute atomic E-state index is 12.4. The Hall–Kier alpha value is -1.19. The van der Waals surface area contributed by atoms with Gasteiger partial charge in [0.2, 0.25) is 10.0 Å². The van der Waals surface area contributed by atoms with Crippen molar-refractivity contribution in [3.8, 4) is 0 Å². The number of amides is 1. The summed E-state index contributed by atoms with van der Waals surface area (Å²) in [6, 6.07) is 6.11. The van der Waals surface area contributed by atoms with Crippen LogP contribution in [0.4, 0.5) is 0 Å². The number of carbonyl (C=O) groups is 1. The van der Waals surface area contributed by atoms with Gasteiger partial charge < -0.3 is 15.0 Å². The highest BCUT2D eigenvalue weighted by molar-refractivity contribution is 7.89. The molecule has 0 saturated carbocycles. The number of nitrogens with zero attached hydrogens (tertiary/aromatic N) is 1. The second-order valence-corrected chi connectivity index (χ2v) is 6.73. The summed E-state index contributed by atoms with van der Waals surface area (Å²) in [5.41, 5.74) is 0.386. The molecule has 130 valence electrons. The normalized spacial score (nSPS) is 15.1. The third kappa shape index (κ3) is 5.43. The van der Waals surface area contributed by atoms with Gasteiger partial charge in [-0.25, -0.2) is 13.1 Å². The van der Waals surface area contributed by atoms with Gasteiger partial charge in [0.25, 0.3) is 5.91 Å². The van der Waals surface area contributed by atoms with E-state index in [0.717, 1.165) is 13.1 Å². The van der Waals surface area contributed by atoms with E-state index < -0.39 is 10.0 Å². The van der Waals surface area contributed by atoms with Crippen molar-refractivity contribution in [3.63, 3.8) is 0 Å². The lowest BCUT2D eigenvalue weighted by molar-refractivity contribution is 0.0735. The highest BCUT2D eigenvalue weighted by Crippen LogP contribution is 2.13. The molecule has 23 heavy (non-hydrogen) atoms.